The highest BCUT2D eigenvalue weighted by atomic mass is 19.3. The van der Waals surface area contributed by atoms with Crippen molar-refractivity contribution in [1.82, 2.24) is 14.7 Å². The van der Waals surface area contributed by atoms with Crippen molar-refractivity contribution in [2.75, 3.05) is 13.2 Å². The Morgan fingerprint density at radius 1 is 1.59 bits per heavy atom. The van der Waals surface area contributed by atoms with Gasteiger partial charge in [-0.3, -0.25) is 9.48 Å². The summed E-state index contributed by atoms with van der Waals surface area (Å²) in [4.78, 5) is 14.0. The van der Waals surface area contributed by atoms with Crippen molar-refractivity contribution in [3.8, 4) is 0 Å². The van der Waals surface area contributed by atoms with Crippen LogP contribution in [0.25, 0.3) is 0 Å². The average molecular weight is 315 g/mol. The zero-order valence-electron chi connectivity index (χ0n) is 12.8. The Bertz CT molecular complexity index is 505. The lowest BCUT2D eigenvalue weighted by Gasteiger charge is -2.32. The number of aliphatic hydroxyl groups is 1. The second-order valence-electron chi connectivity index (χ2n) is 5.84. The molecule has 1 aliphatic rings. The van der Waals surface area contributed by atoms with Gasteiger partial charge in [-0.2, -0.15) is 5.10 Å². The van der Waals surface area contributed by atoms with E-state index >= 15 is 0 Å². The van der Waals surface area contributed by atoms with Gasteiger partial charge in [0.25, 0.3) is 0 Å². The number of carbonyl (C=O) groups is 1. The fourth-order valence-electron chi connectivity index (χ4n) is 2.91. The maximum atomic E-state index is 13.5. The van der Waals surface area contributed by atoms with Gasteiger partial charge in [0, 0.05) is 50.2 Å². The summed E-state index contributed by atoms with van der Waals surface area (Å²) in [6.07, 6.45) is 3.82. The van der Waals surface area contributed by atoms with Crippen LogP contribution in [0, 0.1) is 5.92 Å². The molecule has 0 bridgehead atoms. The lowest BCUT2D eigenvalue weighted by Crippen LogP contribution is -2.41. The Morgan fingerprint density at radius 2 is 2.36 bits per heavy atom. The van der Waals surface area contributed by atoms with Crippen molar-refractivity contribution in [2.24, 2.45) is 5.92 Å². The summed E-state index contributed by atoms with van der Waals surface area (Å²) >= 11 is 0. The van der Waals surface area contributed by atoms with Gasteiger partial charge in [-0.1, -0.05) is 0 Å². The molecule has 1 fully saturated rings. The molecule has 0 aromatic carbocycles. The van der Waals surface area contributed by atoms with Gasteiger partial charge in [0.2, 0.25) is 11.8 Å². The van der Waals surface area contributed by atoms with E-state index in [4.69, 9.17) is 5.11 Å². The molecule has 1 aromatic rings. The summed E-state index contributed by atoms with van der Waals surface area (Å²) in [5.41, 5.74) is 0.839. The van der Waals surface area contributed by atoms with Crippen molar-refractivity contribution >= 4 is 5.91 Å². The molecule has 0 saturated heterocycles. The number of amides is 1. The number of carbonyl (C=O) groups excluding carboxylic acids is 1. The number of hydrogen-bond donors (Lipinski definition) is 1. The standard InChI is InChI=1S/C15H23F2N3O2/c1-2-20-11-12(9-18-20)10-19(6-7-21)14(22)13-4-3-5-15(16,17)8-13/h9,11,13,21H,2-8,10H2,1H3/t13-/m0/s1. The third-order valence-electron chi connectivity index (χ3n) is 4.06. The number of hydrogen-bond acceptors (Lipinski definition) is 3. The van der Waals surface area contributed by atoms with Gasteiger partial charge in [-0.25, -0.2) is 8.78 Å². The van der Waals surface area contributed by atoms with Crippen LogP contribution in [-0.4, -0.2) is 44.8 Å². The van der Waals surface area contributed by atoms with Crippen LogP contribution in [0.3, 0.4) is 0 Å². The minimum Gasteiger partial charge on any atom is -0.395 e. The topological polar surface area (TPSA) is 58.4 Å². The zero-order chi connectivity index (χ0) is 16.2. The smallest absolute Gasteiger partial charge is 0.248 e. The molecular formula is C15H23F2N3O2. The first-order valence-electron chi connectivity index (χ1n) is 7.74. The van der Waals surface area contributed by atoms with E-state index in [1.807, 2.05) is 13.1 Å². The Morgan fingerprint density at radius 3 is 2.95 bits per heavy atom. The molecule has 0 unspecified atom stereocenters. The van der Waals surface area contributed by atoms with Gasteiger partial charge >= 0.3 is 0 Å². The molecule has 1 aliphatic carbocycles. The van der Waals surface area contributed by atoms with E-state index < -0.39 is 11.8 Å². The third kappa shape index (κ3) is 4.25. The summed E-state index contributed by atoms with van der Waals surface area (Å²) in [6, 6.07) is 0. The Kier molecular flexibility index (Phi) is 5.50. The van der Waals surface area contributed by atoms with Crippen LogP contribution in [0.4, 0.5) is 8.78 Å². The molecule has 0 radical (unpaired) electrons. The van der Waals surface area contributed by atoms with E-state index in [2.05, 4.69) is 5.10 Å². The van der Waals surface area contributed by atoms with Gasteiger partial charge < -0.3 is 10.0 Å². The SMILES string of the molecule is CCn1cc(CN(CCO)C(=O)[C@H]2CCCC(F)(F)C2)cn1. The number of alkyl halides is 2. The molecule has 1 N–H and O–H groups in total. The van der Waals surface area contributed by atoms with Gasteiger partial charge in [-0.05, 0) is 19.8 Å². The number of rotatable bonds is 6. The third-order valence-corrected chi connectivity index (χ3v) is 4.06. The maximum Gasteiger partial charge on any atom is 0.248 e. The highest BCUT2D eigenvalue weighted by Crippen LogP contribution is 2.37. The first kappa shape index (κ1) is 16.9. The Labute approximate surface area is 128 Å². The van der Waals surface area contributed by atoms with Crippen LogP contribution < -0.4 is 0 Å². The van der Waals surface area contributed by atoms with E-state index in [9.17, 15) is 13.6 Å². The molecule has 2 rings (SSSR count). The van der Waals surface area contributed by atoms with Gasteiger partial charge in [-0.15, -0.1) is 0 Å². The van der Waals surface area contributed by atoms with Gasteiger partial charge in [0.05, 0.1) is 12.8 Å². The van der Waals surface area contributed by atoms with E-state index in [-0.39, 0.29) is 31.9 Å². The van der Waals surface area contributed by atoms with Crippen molar-refractivity contribution in [2.45, 2.75) is 51.6 Å². The molecule has 0 aliphatic heterocycles. The van der Waals surface area contributed by atoms with E-state index in [0.717, 1.165) is 12.1 Å². The van der Waals surface area contributed by atoms with Crippen LogP contribution in [0.1, 0.15) is 38.2 Å². The minimum atomic E-state index is -2.75. The Balaban J connectivity index is 2.04. The molecular weight excluding hydrogens is 292 g/mol. The molecule has 1 atom stereocenters. The summed E-state index contributed by atoms with van der Waals surface area (Å²) in [6.45, 7) is 2.94. The van der Waals surface area contributed by atoms with Crippen LogP contribution in [-0.2, 0) is 17.9 Å². The predicted molar refractivity (Wildman–Crippen MR) is 77.3 cm³/mol. The quantitative estimate of drug-likeness (QED) is 0.874. The summed E-state index contributed by atoms with van der Waals surface area (Å²) < 4.78 is 28.8. The predicted octanol–water partition coefficient (Wildman–Crippen LogP) is 2.05. The second-order valence-corrected chi connectivity index (χ2v) is 5.84. The fourth-order valence-corrected chi connectivity index (χ4v) is 2.91. The molecule has 7 heteroatoms. The molecule has 1 heterocycles. The maximum absolute atomic E-state index is 13.5. The molecule has 1 aromatic heterocycles. The van der Waals surface area contributed by atoms with Crippen LogP contribution in [0.5, 0.6) is 0 Å². The summed E-state index contributed by atoms with van der Waals surface area (Å²) in [7, 11) is 0. The van der Waals surface area contributed by atoms with Crippen LogP contribution in [0.2, 0.25) is 0 Å². The molecule has 22 heavy (non-hydrogen) atoms. The number of aryl methyl sites for hydroxylation is 1. The van der Waals surface area contributed by atoms with Crippen molar-refractivity contribution < 1.29 is 18.7 Å². The van der Waals surface area contributed by atoms with Crippen molar-refractivity contribution in [1.29, 1.82) is 0 Å². The number of aliphatic hydroxyl groups excluding tert-OH is 1. The lowest BCUT2D eigenvalue weighted by molar-refractivity contribution is -0.143. The van der Waals surface area contributed by atoms with E-state index in [0.29, 0.717) is 19.4 Å². The largest absolute Gasteiger partial charge is 0.395 e. The molecule has 0 spiro atoms. The second kappa shape index (κ2) is 7.17. The first-order chi connectivity index (χ1) is 10.4. The molecule has 1 saturated carbocycles. The average Bonchev–Trinajstić information content (AvgIpc) is 2.93. The zero-order valence-corrected chi connectivity index (χ0v) is 12.8. The monoisotopic (exact) mass is 315 g/mol. The van der Waals surface area contributed by atoms with Gasteiger partial charge in [0.1, 0.15) is 0 Å². The van der Waals surface area contributed by atoms with Gasteiger partial charge in [0.15, 0.2) is 0 Å². The lowest BCUT2D eigenvalue weighted by atomic mass is 9.85. The number of halogens is 2. The highest BCUT2D eigenvalue weighted by molar-refractivity contribution is 5.79. The number of aromatic nitrogens is 2. The van der Waals surface area contributed by atoms with E-state index in [1.165, 1.54) is 4.90 Å². The van der Waals surface area contributed by atoms with E-state index in [1.54, 1.807) is 10.9 Å². The molecule has 1 amide bonds. The molecule has 5 nitrogen and oxygen atoms in total. The minimum absolute atomic E-state index is 0.139. The summed E-state index contributed by atoms with van der Waals surface area (Å²) in [5, 5.41) is 13.3. The normalized spacial score (nSPS) is 20.8. The van der Waals surface area contributed by atoms with Crippen LogP contribution in [0.15, 0.2) is 12.4 Å². The number of nitrogens with zero attached hydrogens (tertiary/aromatic N) is 3. The van der Waals surface area contributed by atoms with Crippen molar-refractivity contribution in [3.05, 3.63) is 18.0 Å². The fraction of sp³-hybridized carbons (Fsp3) is 0.733. The Hall–Kier alpha value is -1.50. The van der Waals surface area contributed by atoms with Crippen LogP contribution >= 0.6 is 0 Å². The summed E-state index contributed by atoms with van der Waals surface area (Å²) in [5.74, 6) is -3.70. The molecule has 124 valence electrons. The van der Waals surface area contributed by atoms with Crippen molar-refractivity contribution in [3.63, 3.8) is 0 Å². The highest BCUT2D eigenvalue weighted by Gasteiger charge is 2.40. The first-order valence-corrected chi connectivity index (χ1v) is 7.74.